The molecule has 2 aromatic rings. The van der Waals surface area contributed by atoms with Crippen LogP contribution in [-0.2, 0) is 0 Å². The number of hydrogen-bond donors (Lipinski definition) is 3. The van der Waals surface area contributed by atoms with E-state index in [9.17, 15) is 0 Å². The van der Waals surface area contributed by atoms with Crippen molar-refractivity contribution < 1.29 is 0 Å². The van der Waals surface area contributed by atoms with Gasteiger partial charge in [-0.05, 0) is 30.5 Å². The standard InChI is InChI=1S/C13H16N4S/c1-10(12-8-5-9-18-12)15-13(17-14)16-11-6-3-2-4-7-11/h2-10H,14H2,1H3,(H2,15,16,17). The summed E-state index contributed by atoms with van der Waals surface area (Å²) in [4.78, 5) is 5.72. The van der Waals surface area contributed by atoms with E-state index in [-0.39, 0.29) is 6.04 Å². The number of nitrogens with two attached hydrogens (primary N) is 1. The Morgan fingerprint density at radius 3 is 2.61 bits per heavy atom. The third kappa shape index (κ3) is 3.32. The monoisotopic (exact) mass is 260 g/mol. The minimum absolute atomic E-state index is 0.0762. The summed E-state index contributed by atoms with van der Waals surface area (Å²) < 4.78 is 0. The number of rotatable bonds is 3. The topological polar surface area (TPSA) is 62.4 Å². The molecule has 4 nitrogen and oxygen atoms in total. The van der Waals surface area contributed by atoms with Gasteiger partial charge in [0.1, 0.15) is 0 Å². The first kappa shape index (κ1) is 12.6. The number of thiophene rings is 1. The van der Waals surface area contributed by atoms with Gasteiger partial charge < -0.3 is 5.32 Å². The Balaban J connectivity index is 2.09. The van der Waals surface area contributed by atoms with Gasteiger partial charge in [-0.25, -0.2) is 10.8 Å². The lowest BCUT2D eigenvalue weighted by molar-refractivity contribution is 0.821. The second-order valence-electron chi connectivity index (χ2n) is 3.80. The van der Waals surface area contributed by atoms with Crippen LogP contribution >= 0.6 is 11.3 Å². The van der Waals surface area contributed by atoms with Crippen molar-refractivity contribution in [3.8, 4) is 0 Å². The molecule has 1 heterocycles. The average molecular weight is 260 g/mol. The van der Waals surface area contributed by atoms with E-state index in [1.165, 1.54) is 4.88 Å². The second kappa shape index (κ2) is 6.18. The Morgan fingerprint density at radius 1 is 1.22 bits per heavy atom. The molecular formula is C13H16N4S. The van der Waals surface area contributed by atoms with Crippen molar-refractivity contribution in [2.75, 3.05) is 5.32 Å². The summed E-state index contributed by atoms with van der Waals surface area (Å²) in [7, 11) is 0. The van der Waals surface area contributed by atoms with Crippen LogP contribution < -0.4 is 16.6 Å². The van der Waals surface area contributed by atoms with Crippen molar-refractivity contribution in [2.24, 2.45) is 10.8 Å². The van der Waals surface area contributed by atoms with Gasteiger partial charge in [0, 0.05) is 10.6 Å². The van der Waals surface area contributed by atoms with Gasteiger partial charge >= 0.3 is 0 Å². The van der Waals surface area contributed by atoms with E-state index >= 15 is 0 Å². The number of benzene rings is 1. The SMILES string of the molecule is CC(N=C(NN)Nc1ccccc1)c1cccs1. The highest BCUT2D eigenvalue weighted by atomic mass is 32.1. The molecule has 0 fully saturated rings. The molecule has 5 heteroatoms. The minimum atomic E-state index is 0.0762. The van der Waals surface area contributed by atoms with Crippen LogP contribution in [0.5, 0.6) is 0 Å². The summed E-state index contributed by atoms with van der Waals surface area (Å²) in [5.74, 6) is 6.04. The summed E-state index contributed by atoms with van der Waals surface area (Å²) in [6, 6.07) is 14.0. The first-order valence-corrected chi connectivity index (χ1v) is 6.57. The molecule has 0 aliphatic carbocycles. The van der Waals surface area contributed by atoms with E-state index in [1.807, 2.05) is 48.7 Å². The quantitative estimate of drug-likeness (QED) is 0.344. The first-order valence-electron chi connectivity index (χ1n) is 5.69. The van der Waals surface area contributed by atoms with Crippen molar-refractivity contribution in [1.82, 2.24) is 5.43 Å². The molecule has 0 radical (unpaired) electrons. The van der Waals surface area contributed by atoms with E-state index in [0.29, 0.717) is 5.96 Å². The first-order chi connectivity index (χ1) is 8.79. The molecule has 1 aromatic heterocycles. The van der Waals surface area contributed by atoms with Crippen molar-refractivity contribution in [3.05, 3.63) is 52.7 Å². The van der Waals surface area contributed by atoms with Crippen molar-refractivity contribution in [1.29, 1.82) is 0 Å². The molecule has 94 valence electrons. The highest BCUT2D eigenvalue weighted by Gasteiger charge is 2.06. The molecule has 1 aromatic carbocycles. The Kier molecular flexibility index (Phi) is 4.33. The van der Waals surface area contributed by atoms with Gasteiger partial charge in [-0.15, -0.1) is 11.3 Å². The fraction of sp³-hybridized carbons (Fsp3) is 0.154. The molecule has 0 bridgehead atoms. The third-order valence-corrected chi connectivity index (χ3v) is 3.49. The van der Waals surface area contributed by atoms with Crippen molar-refractivity contribution in [3.63, 3.8) is 0 Å². The van der Waals surface area contributed by atoms with Crippen LogP contribution in [0.3, 0.4) is 0 Å². The number of para-hydroxylation sites is 1. The average Bonchev–Trinajstić information content (AvgIpc) is 2.93. The summed E-state index contributed by atoms with van der Waals surface area (Å²) in [6.07, 6.45) is 0. The van der Waals surface area contributed by atoms with Gasteiger partial charge in [-0.1, -0.05) is 24.3 Å². The lowest BCUT2D eigenvalue weighted by atomic mass is 10.3. The highest BCUT2D eigenvalue weighted by Crippen LogP contribution is 2.21. The van der Waals surface area contributed by atoms with Gasteiger partial charge in [-0.2, -0.15) is 0 Å². The largest absolute Gasteiger partial charge is 0.325 e. The maximum absolute atomic E-state index is 5.48. The molecule has 1 atom stereocenters. The van der Waals surface area contributed by atoms with Crippen LogP contribution in [0.4, 0.5) is 5.69 Å². The fourth-order valence-corrected chi connectivity index (χ4v) is 2.27. The number of anilines is 1. The molecular weight excluding hydrogens is 244 g/mol. The number of hydrogen-bond acceptors (Lipinski definition) is 3. The van der Waals surface area contributed by atoms with E-state index in [1.54, 1.807) is 11.3 Å². The van der Waals surface area contributed by atoms with Gasteiger partial charge in [0.25, 0.3) is 0 Å². The molecule has 0 saturated carbocycles. The van der Waals surface area contributed by atoms with Crippen LogP contribution in [0.15, 0.2) is 52.8 Å². The van der Waals surface area contributed by atoms with Crippen molar-refractivity contribution in [2.45, 2.75) is 13.0 Å². The Labute approximate surface area is 111 Å². The number of aliphatic imine (C=N–C) groups is 1. The van der Waals surface area contributed by atoms with Crippen LogP contribution in [0.1, 0.15) is 17.8 Å². The smallest absolute Gasteiger partial charge is 0.210 e. The second-order valence-corrected chi connectivity index (χ2v) is 4.78. The molecule has 2 rings (SSSR count). The van der Waals surface area contributed by atoms with Gasteiger partial charge in [0.05, 0.1) is 6.04 Å². The zero-order valence-corrected chi connectivity index (χ0v) is 10.9. The molecule has 0 amide bonds. The van der Waals surface area contributed by atoms with Crippen LogP contribution in [0.2, 0.25) is 0 Å². The Morgan fingerprint density at radius 2 is 2.00 bits per heavy atom. The van der Waals surface area contributed by atoms with Crippen LogP contribution in [0, 0.1) is 0 Å². The predicted molar refractivity (Wildman–Crippen MR) is 77.6 cm³/mol. The summed E-state index contributed by atoms with van der Waals surface area (Å²) in [5.41, 5.74) is 3.54. The molecule has 0 spiro atoms. The van der Waals surface area contributed by atoms with Crippen molar-refractivity contribution >= 4 is 23.0 Å². The lowest BCUT2D eigenvalue weighted by Gasteiger charge is -2.11. The lowest BCUT2D eigenvalue weighted by Crippen LogP contribution is -2.36. The molecule has 0 saturated heterocycles. The summed E-state index contributed by atoms with van der Waals surface area (Å²) in [6.45, 7) is 2.04. The highest BCUT2D eigenvalue weighted by molar-refractivity contribution is 7.10. The summed E-state index contributed by atoms with van der Waals surface area (Å²) >= 11 is 1.69. The molecule has 0 aliphatic rings. The molecule has 18 heavy (non-hydrogen) atoms. The minimum Gasteiger partial charge on any atom is -0.325 e. The number of guanidine groups is 1. The van der Waals surface area contributed by atoms with Crippen LogP contribution in [0.25, 0.3) is 0 Å². The van der Waals surface area contributed by atoms with E-state index in [0.717, 1.165) is 5.69 Å². The number of nitrogens with one attached hydrogen (secondary N) is 2. The number of hydrazine groups is 1. The molecule has 0 aliphatic heterocycles. The number of nitrogens with zero attached hydrogens (tertiary/aromatic N) is 1. The van der Waals surface area contributed by atoms with Crippen LogP contribution in [-0.4, -0.2) is 5.96 Å². The molecule has 4 N–H and O–H groups in total. The fourth-order valence-electron chi connectivity index (χ4n) is 1.55. The normalized spacial score (nSPS) is 13.1. The van der Waals surface area contributed by atoms with E-state index in [2.05, 4.69) is 21.8 Å². The van der Waals surface area contributed by atoms with E-state index in [4.69, 9.17) is 5.84 Å². The summed E-state index contributed by atoms with van der Waals surface area (Å²) in [5, 5.41) is 5.18. The zero-order chi connectivity index (χ0) is 12.8. The van der Waals surface area contributed by atoms with E-state index < -0.39 is 0 Å². The zero-order valence-electron chi connectivity index (χ0n) is 10.1. The van der Waals surface area contributed by atoms with Gasteiger partial charge in [0.2, 0.25) is 5.96 Å². The molecule has 1 unspecified atom stereocenters. The Bertz CT molecular complexity index is 493. The Hall–Kier alpha value is -1.85. The maximum Gasteiger partial charge on any atom is 0.210 e. The van der Waals surface area contributed by atoms with Gasteiger partial charge in [0.15, 0.2) is 0 Å². The maximum atomic E-state index is 5.48. The van der Waals surface area contributed by atoms with Gasteiger partial charge in [-0.3, -0.25) is 5.43 Å². The predicted octanol–water partition coefficient (Wildman–Crippen LogP) is 2.74. The third-order valence-electron chi connectivity index (χ3n) is 2.45.